The van der Waals surface area contributed by atoms with E-state index >= 15 is 8.78 Å². The maximum absolute atomic E-state index is 15.0. The van der Waals surface area contributed by atoms with E-state index in [0.29, 0.717) is 51.1 Å². The van der Waals surface area contributed by atoms with Gasteiger partial charge in [0.05, 0.1) is 83.1 Å². The Morgan fingerprint density at radius 3 is 1.03 bits per heavy atom. The van der Waals surface area contributed by atoms with E-state index in [9.17, 15) is 33.2 Å². The number of fused-ring (bicyclic) bond motifs is 3. The number of halogens is 3. The maximum Gasteiger partial charge on any atom is 0.268 e. The number of nitrogens with one attached hydrogen (secondary N) is 3. The number of nitrogens with zero attached hydrogens (tertiary/aromatic N) is 13. The number of ether oxygens (including phenoxy) is 4. The van der Waals surface area contributed by atoms with Gasteiger partial charge in [-0.05, 0) is 90.3 Å². The van der Waals surface area contributed by atoms with Gasteiger partial charge in [-0.3, -0.25) is 28.8 Å². The molecule has 0 saturated carbocycles. The normalized spacial score (nSPS) is 11.6. The Morgan fingerprint density at radius 1 is 0.376 bits per heavy atom. The van der Waals surface area contributed by atoms with Crippen molar-refractivity contribution in [1.82, 2.24) is 79.2 Å². The monoisotopic (exact) mass is 1580 g/mol. The SMILES string of the molecule is CC(C)(C)c1cc(CC(=O)Cc2ccc(Oc3ccnc4[nH]c(=O)cnc34)cc2F)n(-c2ccccc2)n1.COc1ccc(-n2nc(C(C)(C)C)cc2CC(=O)Cc2ccc(Oc3ccnc4[nH]c(=O)cnc34)cc2F)cn1.Cc1ccc(-n2nc(C(C)(C)C)cc2CC(=O)Cc2ccc(Oc3ccnc4[nH]c(=O)cnc34)cc2F)cc1. The number of aromatic amines is 3. The van der Waals surface area contributed by atoms with Crippen LogP contribution in [0.2, 0.25) is 0 Å². The van der Waals surface area contributed by atoms with Crippen LogP contribution in [0.1, 0.15) is 119 Å². The molecule has 29 heteroatoms. The average Bonchev–Trinajstić information content (AvgIpc) is 1.06. The lowest BCUT2D eigenvalue weighted by molar-refractivity contribution is -0.118. The molecule has 0 bridgehead atoms. The van der Waals surface area contributed by atoms with Crippen LogP contribution in [0.4, 0.5) is 13.2 Å². The Labute approximate surface area is 667 Å². The van der Waals surface area contributed by atoms with Crippen LogP contribution in [-0.4, -0.2) is 104 Å². The quantitative estimate of drug-likeness (QED) is 0.0567. The van der Waals surface area contributed by atoms with Crippen molar-refractivity contribution in [2.75, 3.05) is 7.11 Å². The summed E-state index contributed by atoms with van der Waals surface area (Å²) in [6.07, 6.45) is 9.41. The number of rotatable bonds is 22. The molecule has 0 radical (unpaired) electrons. The summed E-state index contributed by atoms with van der Waals surface area (Å²) in [5.41, 5.74) is 9.11. The Balaban J connectivity index is 0.000000152. The largest absolute Gasteiger partial charge is 0.481 e. The number of para-hydroxylation sites is 1. The fraction of sp³-hybridized carbons (Fsp3) is 0.227. The van der Waals surface area contributed by atoms with Crippen molar-refractivity contribution >= 4 is 50.8 Å². The second kappa shape index (κ2) is 34.2. The summed E-state index contributed by atoms with van der Waals surface area (Å²) in [5, 5.41) is 14.3. The molecule has 3 N–H and O–H groups in total. The molecule has 117 heavy (non-hydrogen) atoms. The average molecular weight is 1580 g/mol. The van der Waals surface area contributed by atoms with Gasteiger partial charge in [0, 0.05) is 116 Å². The van der Waals surface area contributed by atoms with Crippen LogP contribution in [0, 0.1) is 24.4 Å². The molecule has 26 nitrogen and oxygen atoms in total. The van der Waals surface area contributed by atoms with Gasteiger partial charge in [0.25, 0.3) is 16.7 Å². The summed E-state index contributed by atoms with van der Waals surface area (Å²) in [5.74, 6) is -0.0361. The minimum atomic E-state index is -0.575. The molecule has 0 atom stereocenters. The van der Waals surface area contributed by atoms with E-state index in [1.54, 1.807) is 68.8 Å². The zero-order valence-electron chi connectivity index (χ0n) is 65.8. The highest BCUT2D eigenvalue weighted by molar-refractivity contribution is 5.85. The Hall–Kier alpha value is -14.3. The molecule has 0 aliphatic rings. The van der Waals surface area contributed by atoms with Gasteiger partial charge >= 0.3 is 0 Å². The van der Waals surface area contributed by atoms with Gasteiger partial charge in [0.1, 0.15) is 68.6 Å². The number of hydrogen-bond donors (Lipinski definition) is 3. The first-order valence-corrected chi connectivity index (χ1v) is 37.2. The van der Waals surface area contributed by atoms with Crippen LogP contribution in [0.3, 0.4) is 0 Å². The van der Waals surface area contributed by atoms with Crippen molar-refractivity contribution in [2.45, 2.75) is 124 Å². The van der Waals surface area contributed by atoms with E-state index < -0.39 is 23.0 Å². The number of carbonyl (C=O) groups is 3. The topological polar surface area (TPSA) is 330 Å². The van der Waals surface area contributed by atoms with Gasteiger partial charge in [-0.1, -0.05) is 116 Å². The zero-order valence-corrected chi connectivity index (χ0v) is 65.8. The molecule has 15 aromatic rings. The summed E-state index contributed by atoms with van der Waals surface area (Å²) < 4.78 is 72.9. The van der Waals surface area contributed by atoms with E-state index in [1.165, 1.54) is 56.0 Å². The number of methoxy groups -OCH3 is 1. The zero-order chi connectivity index (χ0) is 83.0. The summed E-state index contributed by atoms with van der Waals surface area (Å²) >= 11 is 0. The van der Waals surface area contributed by atoms with Crippen molar-refractivity contribution in [3.63, 3.8) is 0 Å². The fourth-order valence-corrected chi connectivity index (χ4v) is 12.3. The van der Waals surface area contributed by atoms with E-state index in [2.05, 4.69) is 91.4 Å². The molecule has 0 aliphatic heterocycles. The number of H-pyrrole nitrogens is 3. The number of carbonyl (C=O) groups excluding carboxylic acids is 3. The van der Waals surface area contributed by atoms with E-state index in [1.807, 2.05) is 107 Å². The second-order valence-corrected chi connectivity index (χ2v) is 30.8. The van der Waals surface area contributed by atoms with E-state index in [4.69, 9.17) is 34.2 Å². The van der Waals surface area contributed by atoms with E-state index in [-0.39, 0.29) is 134 Å². The number of ketones is 3. The molecule has 0 amide bonds. The van der Waals surface area contributed by atoms with Gasteiger partial charge < -0.3 is 33.9 Å². The molecule has 10 aromatic heterocycles. The first kappa shape index (κ1) is 80.8. The molecular formula is C88H81F3N16O10. The van der Waals surface area contributed by atoms with Crippen molar-refractivity contribution < 1.29 is 46.5 Å². The summed E-state index contributed by atoms with van der Waals surface area (Å²) in [6, 6.07) is 44.7. The van der Waals surface area contributed by atoms with Crippen LogP contribution in [-0.2, 0) is 69.2 Å². The number of aryl methyl sites for hydroxylation is 1. The molecule has 5 aromatic carbocycles. The summed E-state index contributed by atoms with van der Waals surface area (Å²) in [7, 11) is 1.54. The van der Waals surface area contributed by atoms with Gasteiger partial charge in [0.2, 0.25) is 5.88 Å². The third-order valence-corrected chi connectivity index (χ3v) is 18.5. The molecule has 0 fully saturated rings. The molecule has 0 aliphatic carbocycles. The van der Waals surface area contributed by atoms with Gasteiger partial charge in [-0.2, -0.15) is 15.3 Å². The molecule has 0 spiro atoms. The first-order chi connectivity index (χ1) is 55.8. The van der Waals surface area contributed by atoms with Crippen LogP contribution in [0.15, 0.2) is 215 Å². The number of Topliss-reactive ketones (excluding diaryl/α,β-unsaturated/α-hetero) is 3. The summed E-state index contributed by atoms with van der Waals surface area (Å²) in [6.45, 7) is 20.6. The Morgan fingerprint density at radius 2 is 0.709 bits per heavy atom. The lowest BCUT2D eigenvalue weighted by Crippen LogP contribution is -2.13. The highest BCUT2D eigenvalue weighted by atomic mass is 19.1. The number of aromatic nitrogens is 16. The van der Waals surface area contributed by atoms with Crippen molar-refractivity contribution in [3.05, 3.63) is 306 Å². The molecular weight excluding hydrogens is 1500 g/mol. The number of benzene rings is 5. The fourth-order valence-electron chi connectivity index (χ4n) is 12.3. The molecule has 594 valence electrons. The number of hydrogen-bond acceptors (Lipinski definition) is 20. The Kier molecular flexibility index (Phi) is 23.6. The van der Waals surface area contributed by atoms with Crippen LogP contribution in [0.5, 0.6) is 40.4 Å². The standard InChI is InChI=1S/C30H28FN5O3.C29H27FN6O4.C29H26FN5O3/c1-18-5-8-20(9-6-18)36-21(15-26(35-36)30(2,3)4)14-22(37)13-19-7-10-23(16-24(19)31)39-25-11-12-32-29-28(25)33-17-27(38)34-29;1-29(2,3)24-13-19(36(35-24)18-6-8-26(39-4)32-15-18)12-20(37)11-17-5-7-21(14-22(17)30)40-23-9-10-31-28-27(23)33-16-25(38)34-28;1-29(2,3)25-15-20(35(34-25)19-7-5-4-6-8-19)14-21(36)13-18-9-10-22(16-23(18)30)38-24-11-12-31-28-27(24)32-17-26(37)33-28/h5-12,15-17H,13-14H2,1-4H3,(H,32,34,38);5-10,13-16H,11-12H2,1-4H3,(H,31,34,38);4-12,15-17H,13-14H2,1-3H3,(H,31,33,37). The highest BCUT2D eigenvalue weighted by Gasteiger charge is 2.27. The van der Waals surface area contributed by atoms with E-state index in [0.717, 1.165) is 64.0 Å². The number of pyridine rings is 4. The summed E-state index contributed by atoms with van der Waals surface area (Å²) in [4.78, 5) is 110. The van der Waals surface area contributed by atoms with Crippen molar-refractivity contribution in [2.24, 2.45) is 0 Å². The predicted molar refractivity (Wildman–Crippen MR) is 433 cm³/mol. The minimum Gasteiger partial charge on any atom is -0.481 e. The molecule has 0 saturated heterocycles. The maximum atomic E-state index is 15.0. The first-order valence-electron chi connectivity index (χ1n) is 37.2. The van der Waals surface area contributed by atoms with Gasteiger partial charge in [0.15, 0.2) is 34.2 Å². The lowest BCUT2D eigenvalue weighted by Gasteiger charge is -2.14. The lowest BCUT2D eigenvalue weighted by atomic mass is 9.92. The Bertz CT molecular complexity index is 6400. The smallest absolute Gasteiger partial charge is 0.268 e. The second-order valence-electron chi connectivity index (χ2n) is 30.8. The van der Waals surface area contributed by atoms with Crippen LogP contribution < -0.4 is 35.6 Å². The molecule has 0 unspecified atom stereocenters. The van der Waals surface area contributed by atoms with Crippen LogP contribution >= 0.6 is 0 Å². The minimum absolute atomic E-state index is 0.0552. The third-order valence-electron chi connectivity index (χ3n) is 18.5. The van der Waals surface area contributed by atoms with Gasteiger partial charge in [-0.15, -0.1) is 0 Å². The molecule has 15 rings (SSSR count). The predicted octanol–water partition coefficient (Wildman–Crippen LogP) is 15.0. The van der Waals surface area contributed by atoms with Crippen molar-refractivity contribution in [1.29, 1.82) is 0 Å². The highest BCUT2D eigenvalue weighted by Crippen LogP contribution is 2.34. The van der Waals surface area contributed by atoms with Gasteiger partial charge in [-0.25, -0.2) is 62.1 Å². The van der Waals surface area contributed by atoms with Crippen molar-refractivity contribution in [3.8, 4) is 57.4 Å². The molecule has 10 heterocycles. The third kappa shape index (κ3) is 19.9. The van der Waals surface area contributed by atoms with Crippen LogP contribution in [0.25, 0.3) is 50.6 Å².